The summed E-state index contributed by atoms with van der Waals surface area (Å²) in [7, 11) is 2.66. The molecule has 0 unspecified atom stereocenters. The second kappa shape index (κ2) is 10.1. The Kier molecular flexibility index (Phi) is 7.33. The van der Waals surface area contributed by atoms with E-state index in [2.05, 4.69) is 85.2 Å². The number of aryl methyl sites for hydroxylation is 1. The van der Waals surface area contributed by atoms with E-state index < -0.39 is 10.1 Å². The highest BCUT2D eigenvalue weighted by Crippen LogP contribution is 2.46. The molecular weight excluding hydrogens is 466 g/mol. The lowest BCUT2D eigenvalue weighted by atomic mass is 10.1. The van der Waals surface area contributed by atoms with Crippen molar-refractivity contribution in [2.24, 2.45) is 0 Å². The van der Waals surface area contributed by atoms with Crippen molar-refractivity contribution in [2.45, 2.75) is 24.3 Å². The Labute approximate surface area is 206 Å². The van der Waals surface area contributed by atoms with Gasteiger partial charge in [0.1, 0.15) is 0 Å². The van der Waals surface area contributed by atoms with Crippen LogP contribution < -0.4 is 9.47 Å². The van der Waals surface area contributed by atoms with Gasteiger partial charge in [-0.05, 0) is 24.3 Å². The molecule has 0 spiro atoms. The van der Waals surface area contributed by atoms with Crippen molar-refractivity contribution in [3.8, 4) is 0 Å². The van der Waals surface area contributed by atoms with Crippen LogP contribution in [0.5, 0.6) is 0 Å². The molecule has 0 radical (unpaired) electrons. The Bertz CT molecular complexity index is 1310. The standard InChI is InChI=1S/C26H32N3O3S2/c1-29(2,3)18-8-16-28-24-12-6-7-13-25(24)33-26(28)20-22-15-14-21-10-4-5-11-23(21)27(22)17-9-19-34(30,31)32/h4-7,10-15,20H,8-9,16-19H2,1-3H3/q+1/p+1. The minimum absolute atomic E-state index is 0.253. The van der Waals surface area contributed by atoms with Crippen molar-refractivity contribution < 1.29 is 22.0 Å². The van der Waals surface area contributed by atoms with E-state index >= 15 is 0 Å². The van der Waals surface area contributed by atoms with Gasteiger partial charge in [-0.3, -0.25) is 4.55 Å². The van der Waals surface area contributed by atoms with Gasteiger partial charge >= 0.3 is 0 Å². The molecule has 3 aromatic rings. The third kappa shape index (κ3) is 6.18. The van der Waals surface area contributed by atoms with E-state index in [0.717, 1.165) is 40.6 Å². The van der Waals surface area contributed by atoms with Crippen LogP contribution in [0.25, 0.3) is 17.0 Å². The van der Waals surface area contributed by atoms with Gasteiger partial charge in [-0.1, -0.05) is 36.0 Å². The molecule has 0 saturated carbocycles. The van der Waals surface area contributed by atoms with E-state index in [1.165, 1.54) is 15.6 Å². The number of hydrogen-bond donors (Lipinski definition) is 1. The van der Waals surface area contributed by atoms with E-state index in [4.69, 9.17) is 0 Å². The van der Waals surface area contributed by atoms with Crippen molar-refractivity contribution in [1.29, 1.82) is 0 Å². The largest absolute Gasteiger partial charge is 0.335 e. The first-order chi connectivity index (χ1) is 16.1. The molecule has 0 saturated heterocycles. The number of pyridine rings is 1. The zero-order valence-electron chi connectivity index (χ0n) is 20.0. The van der Waals surface area contributed by atoms with Crippen molar-refractivity contribution in [3.05, 3.63) is 71.4 Å². The molecule has 2 aromatic carbocycles. The highest BCUT2D eigenvalue weighted by Gasteiger charge is 2.27. The second-order valence-corrected chi connectivity index (χ2v) is 12.3. The smallest absolute Gasteiger partial charge is 0.265 e. The summed E-state index contributed by atoms with van der Waals surface area (Å²) in [6.07, 6.45) is 3.62. The maximum Gasteiger partial charge on any atom is 0.265 e. The van der Waals surface area contributed by atoms with E-state index in [-0.39, 0.29) is 5.75 Å². The molecule has 2 heterocycles. The predicted molar refractivity (Wildman–Crippen MR) is 140 cm³/mol. The van der Waals surface area contributed by atoms with Crippen molar-refractivity contribution in [2.75, 3.05) is 44.9 Å². The first kappa shape index (κ1) is 24.7. The fourth-order valence-electron chi connectivity index (χ4n) is 4.28. The summed E-state index contributed by atoms with van der Waals surface area (Å²) in [5.41, 5.74) is 3.30. The molecule has 0 bridgehead atoms. The minimum Gasteiger partial charge on any atom is -0.335 e. The fraction of sp³-hybridized carbons (Fsp3) is 0.346. The van der Waals surface area contributed by atoms with E-state index in [9.17, 15) is 13.0 Å². The number of aromatic nitrogens is 1. The predicted octanol–water partition coefficient (Wildman–Crippen LogP) is 4.41. The number of hydrogen-bond acceptors (Lipinski definition) is 4. The number of thioether (sulfide) groups is 1. The topological polar surface area (TPSA) is 61.5 Å². The lowest BCUT2D eigenvalue weighted by Gasteiger charge is -2.26. The van der Waals surface area contributed by atoms with Crippen LogP contribution in [-0.4, -0.2) is 57.4 Å². The summed E-state index contributed by atoms with van der Waals surface area (Å²) in [6, 6.07) is 20.8. The number of nitrogens with zero attached hydrogens (tertiary/aromatic N) is 3. The Morgan fingerprint density at radius 3 is 2.50 bits per heavy atom. The van der Waals surface area contributed by atoms with Gasteiger partial charge in [-0.2, -0.15) is 13.0 Å². The highest BCUT2D eigenvalue weighted by molar-refractivity contribution is 8.03. The number of anilines is 1. The van der Waals surface area contributed by atoms with Crippen LogP contribution in [-0.2, 0) is 16.7 Å². The van der Waals surface area contributed by atoms with Crippen LogP contribution in [0.3, 0.4) is 0 Å². The average Bonchev–Trinajstić information content (AvgIpc) is 3.10. The summed E-state index contributed by atoms with van der Waals surface area (Å²) >= 11 is 1.77. The summed E-state index contributed by atoms with van der Waals surface area (Å²) < 4.78 is 34.9. The third-order valence-corrected chi connectivity index (χ3v) is 7.79. The van der Waals surface area contributed by atoms with Crippen LogP contribution in [0.2, 0.25) is 0 Å². The molecule has 0 fully saturated rings. The Balaban J connectivity index is 1.70. The van der Waals surface area contributed by atoms with E-state index in [1.54, 1.807) is 11.8 Å². The first-order valence-corrected chi connectivity index (χ1v) is 14.0. The van der Waals surface area contributed by atoms with Gasteiger partial charge in [0.2, 0.25) is 11.2 Å². The molecule has 8 heteroatoms. The van der Waals surface area contributed by atoms with Gasteiger partial charge in [0.15, 0.2) is 6.54 Å². The number of quaternary nitrogens is 1. The summed E-state index contributed by atoms with van der Waals surface area (Å²) in [5.74, 6) is -0.253. The van der Waals surface area contributed by atoms with Crippen LogP contribution >= 0.6 is 11.8 Å². The van der Waals surface area contributed by atoms with Gasteiger partial charge in [0.05, 0.1) is 44.2 Å². The summed E-state index contributed by atoms with van der Waals surface area (Å²) in [6.45, 7) is 2.52. The zero-order chi connectivity index (χ0) is 24.3. The maximum absolute atomic E-state index is 11.3. The quantitative estimate of drug-likeness (QED) is 0.268. The second-order valence-electron chi connectivity index (χ2n) is 9.68. The molecule has 6 nitrogen and oxygen atoms in total. The van der Waals surface area contributed by atoms with Crippen molar-refractivity contribution >= 4 is 44.5 Å². The third-order valence-electron chi connectivity index (χ3n) is 5.88. The van der Waals surface area contributed by atoms with Crippen molar-refractivity contribution in [3.63, 3.8) is 0 Å². The molecule has 4 rings (SSSR count). The van der Waals surface area contributed by atoms with Crippen LogP contribution in [0.4, 0.5) is 5.69 Å². The van der Waals surface area contributed by atoms with E-state index in [0.29, 0.717) is 13.0 Å². The lowest BCUT2D eigenvalue weighted by Crippen LogP contribution is -2.39. The molecule has 1 aliphatic rings. The molecular formula is C26H33N3O3S2+2. The van der Waals surface area contributed by atoms with Crippen LogP contribution in [0.1, 0.15) is 18.5 Å². The fourth-order valence-corrected chi connectivity index (χ4v) is 5.91. The SMILES string of the molecule is C[N+](C)(C)CCCN1C(=Cc2ccc3ccccc3[n+]2CCCS(=O)(=O)O)Sc2ccccc21. The Morgan fingerprint density at radius 2 is 1.74 bits per heavy atom. The Hall–Kier alpha value is -2.39. The molecule has 1 aromatic heterocycles. The Morgan fingerprint density at radius 1 is 1.00 bits per heavy atom. The molecule has 0 aliphatic carbocycles. The molecule has 1 aliphatic heterocycles. The van der Waals surface area contributed by atoms with Gasteiger partial charge in [-0.25, -0.2) is 0 Å². The first-order valence-electron chi connectivity index (χ1n) is 11.5. The van der Waals surface area contributed by atoms with Gasteiger partial charge < -0.3 is 9.38 Å². The molecule has 0 amide bonds. The normalized spacial score (nSPS) is 15.3. The number of rotatable bonds is 9. The molecule has 34 heavy (non-hydrogen) atoms. The maximum atomic E-state index is 11.3. The van der Waals surface area contributed by atoms with Gasteiger partial charge in [0.25, 0.3) is 10.1 Å². The number of benzene rings is 2. The van der Waals surface area contributed by atoms with Gasteiger partial charge in [-0.15, -0.1) is 0 Å². The summed E-state index contributed by atoms with van der Waals surface area (Å²) in [4.78, 5) is 3.64. The molecule has 1 N–H and O–H groups in total. The van der Waals surface area contributed by atoms with E-state index in [1.807, 2.05) is 12.1 Å². The van der Waals surface area contributed by atoms with Gasteiger partial charge in [0, 0.05) is 47.9 Å². The van der Waals surface area contributed by atoms with Crippen molar-refractivity contribution in [1.82, 2.24) is 0 Å². The zero-order valence-corrected chi connectivity index (χ0v) is 21.6. The number of para-hydroxylation sites is 2. The minimum atomic E-state index is -3.99. The average molecular weight is 500 g/mol. The monoisotopic (exact) mass is 499 g/mol. The summed E-state index contributed by atoms with van der Waals surface area (Å²) in [5, 5.41) is 2.26. The molecule has 0 atom stereocenters. The highest BCUT2D eigenvalue weighted by atomic mass is 32.2. The van der Waals surface area contributed by atoms with Crippen LogP contribution in [0.15, 0.2) is 70.6 Å². The number of fused-ring (bicyclic) bond motifs is 2. The lowest BCUT2D eigenvalue weighted by molar-refractivity contribution is -0.870. The molecule has 180 valence electrons. The van der Waals surface area contributed by atoms with Crippen LogP contribution in [0, 0.1) is 0 Å².